The number of nitrogens with zero attached hydrogens (tertiary/aromatic N) is 3. The molecular formula is C22H29N3O2. The number of benzene rings is 1. The zero-order chi connectivity index (χ0) is 19.7. The van der Waals surface area contributed by atoms with E-state index in [4.69, 9.17) is 0 Å². The molecule has 1 aliphatic rings. The average molecular weight is 367 g/mol. The molecule has 1 aliphatic carbocycles. The van der Waals surface area contributed by atoms with Gasteiger partial charge in [0.05, 0.1) is 11.4 Å². The summed E-state index contributed by atoms with van der Waals surface area (Å²) in [4.78, 5) is 27.7. The van der Waals surface area contributed by atoms with Crippen LogP contribution in [0.1, 0.15) is 66.8 Å². The summed E-state index contributed by atoms with van der Waals surface area (Å²) < 4.78 is 0. The first kappa shape index (κ1) is 19.5. The Hall–Kier alpha value is -2.30. The number of carbonyl (C=O) groups is 2. The number of aryl methyl sites for hydroxylation is 5. The lowest BCUT2D eigenvalue weighted by atomic mass is 9.83. The summed E-state index contributed by atoms with van der Waals surface area (Å²) >= 11 is 0. The van der Waals surface area contributed by atoms with Gasteiger partial charge in [0, 0.05) is 25.8 Å². The Morgan fingerprint density at radius 3 is 2.15 bits per heavy atom. The molecule has 1 aromatic heterocycles. The monoisotopic (exact) mass is 367 g/mol. The van der Waals surface area contributed by atoms with Crippen LogP contribution in [0.15, 0.2) is 12.1 Å². The second kappa shape index (κ2) is 7.75. The van der Waals surface area contributed by atoms with Crippen molar-refractivity contribution in [2.75, 3.05) is 0 Å². The highest BCUT2D eigenvalue weighted by Gasteiger charge is 2.43. The lowest BCUT2D eigenvalue weighted by Crippen LogP contribution is -2.20. The molecule has 0 spiro atoms. The minimum Gasteiger partial charge on any atom is -0.298 e. The molecule has 1 saturated carbocycles. The number of hydrogen-bond acceptors (Lipinski definition) is 4. The van der Waals surface area contributed by atoms with Crippen LogP contribution >= 0.6 is 0 Å². The minimum atomic E-state index is -0.609. The smallest absolute Gasteiger partial charge is 0.151 e. The van der Waals surface area contributed by atoms with E-state index in [9.17, 15) is 9.59 Å². The Morgan fingerprint density at radius 1 is 1.04 bits per heavy atom. The lowest BCUT2D eigenvalue weighted by Gasteiger charge is -2.19. The Balaban J connectivity index is 1.97. The third-order valence-corrected chi connectivity index (χ3v) is 5.74. The van der Waals surface area contributed by atoms with Gasteiger partial charge in [-0.15, -0.1) is 0 Å². The van der Waals surface area contributed by atoms with E-state index in [0.717, 1.165) is 47.3 Å². The van der Waals surface area contributed by atoms with E-state index in [1.54, 1.807) is 7.05 Å². The lowest BCUT2D eigenvalue weighted by molar-refractivity contribution is -0.124. The fraction of sp³-hybridized carbons (Fsp3) is 0.545. The highest BCUT2D eigenvalue weighted by molar-refractivity contribution is 6.15. The van der Waals surface area contributed by atoms with Crippen molar-refractivity contribution in [1.29, 1.82) is 0 Å². The SMILES string of the molecule is CCc1cc(CC)c(C2C(=O)CC(Cc3nn(C)nc3C)C2=O)c(CC)c1. The van der Waals surface area contributed by atoms with Gasteiger partial charge in [-0.25, -0.2) is 0 Å². The fourth-order valence-corrected chi connectivity index (χ4v) is 4.31. The molecule has 0 N–H and O–H groups in total. The number of ketones is 2. The Bertz CT molecular complexity index is 857. The molecule has 27 heavy (non-hydrogen) atoms. The van der Waals surface area contributed by atoms with E-state index in [1.807, 2.05) is 6.92 Å². The maximum atomic E-state index is 13.3. The Kier molecular flexibility index (Phi) is 5.59. The second-order valence-electron chi connectivity index (χ2n) is 7.52. The zero-order valence-electron chi connectivity index (χ0n) is 17.0. The molecule has 0 radical (unpaired) electrons. The van der Waals surface area contributed by atoms with Crippen LogP contribution in [-0.2, 0) is 42.3 Å². The van der Waals surface area contributed by atoms with Gasteiger partial charge < -0.3 is 0 Å². The second-order valence-corrected chi connectivity index (χ2v) is 7.52. The molecule has 1 heterocycles. The third-order valence-electron chi connectivity index (χ3n) is 5.74. The van der Waals surface area contributed by atoms with Gasteiger partial charge in [-0.05, 0) is 48.4 Å². The molecule has 2 unspecified atom stereocenters. The topological polar surface area (TPSA) is 64.8 Å². The molecule has 0 amide bonds. The van der Waals surface area contributed by atoms with Crippen molar-refractivity contribution < 1.29 is 9.59 Å². The predicted molar refractivity (Wildman–Crippen MR) is 105 cm³/mol. The summed E-state index contributed by atoms with van der Waals surface area (Å²) in [6.07, 6.45) is 3.43. The fourth-order valence-electron chi connectivity index (χ4n) is 4.31. The first-order valence-corrected chi connectivity index (χ1v) is 9.97. The van der Waals surface area contributed by atoms with Gasteiger partial charge >= 0.3 is 0 Å². The molecule has 3 rings (SSSR count). The van der Waals surface area contributed by atoms with Crippen LogP contribution in [-0.4, -0.2) is 26.6 Å². The van der Waals surface area contributed by atoms with E-state index in [1.165, 1.54) is 10.4 Å². The summed E-state index contributed by atoms with van der Waals surface area (Å²) in [5, 5.41) is 8.62. The molecular weight excluding hydrogens is 338 g/mol. The van der Waals surface area contributed by atoms with Crippen molar-refractivity contribution in [3.63, 3.8) is 0 Å². The molecule has 0 saturated heterocycles. The van der Waals surface area contributed by atoms with Gasteiger partial charge in [0.1, 0.15) is 11.7 Å². The third kappa shape index (κ3) is 3.60. The van der Waals surface area contributed by atoms with Gasteiger partial charge in [0.2, 0.25) is 0 Å². The van der Waals surface area contributed by atoms with Gasteiger partial charge in [-0.2, -0.15) is 15.0 Å². The van der Waals surface area contributed by atoms with Gasteiger partial charge in [0.15, 0.2) is 5.78 Å². The van der Waals surface area contributed by atoms with Crippen LogP contribution in [0.2, 0.25) is 0 Å². The summed E-state index contributed by atoms with van der Waals surface area (Å²) in [6.45, 7) is 8.23. The minimum absolute atomic E-state index is 0.0544. The summed E-state index contributed by atoms with van der Waals surface area (Å²) in [7, 11) is 1.78. The maximum Gasteiger partial charge on any atom is 0.151 e. The summed E-state index contributed by atoms with van der Waals surface area (Å²) in [5.74, 6) is -0.792. The van der Waals surface area contributed by atoms with Crippen LogP contribution in [0.3, 0.4) is 0 Å². The quantitative estimate of drug-likeness (QED) is 0.735. The van der Waals surface area contributed by atoms with Crippen molar-refractivity contribution in [2.45, 2.75) is 65.7 Å². The molecule has 2 atom stereocenters. The van der Waals surface area contributed by atoms with Gasteiger partial charge in [-0.3, -0.25) is 9.59 Å². The molecule has 0 bridgehead atoms. The van der Waals surface area contributed by atoms with Gasteiger partial charge in [0.25, 0.3) is 0 Å². The molecule has 5 nitrogen and oxygen atoms in total. The number of carbonyl (C=O) groups excluding carboxylic acids is 2. The zero-order valence-corrected chi connectivity index (χ0v) is 17.0. The van der Waals surface area contributed by atoms with Crippen molar-refractivity contribution in [3.05, 3.63) is 45.8 Å². The van der Waals surface area contributed by atoms with Crippen molar-refractivity contribution >= 4 is 11.6 Å². The number of aromatic nitrogens is 3. The highest BCUT2D eigenvalue weighted by Crippen LogP contribution is 2.38. The number of Topliss-reactive ketones (excluding diaryl/α,β-unsaturated/α-hetero) is 2. The van der Waals surface area contributed by atoms with Crippen LogP contribution < -0.4 is 0 Å². The first-order chi connectivity index (χ1) is 12.9. The Morgan fingerprint density at radius 2 is 1.67 bits per heavy atom. The van der Waals surface area contributed by atoms with Crippen molar-refractivity contribution in [1.82, 2.24) is 15.0 Å². The molecule has 1 aromatic carbocycles. The number of hydrogen-bond donors (Lipinski definition) is 0. The first-order valence-electron chi connectivity index (χ1n) is 9.97. The molecule has 2 aromatic rings. The van der Waals surface area contributed by atoms with Crippen LogP contribution in [0.5, 0.6) is 0 Å². The molecule has 5 heteroatoms. The average Bonchev–Trinajstić information content (AvgIpc) is 3.11. The normalized spacial score (nSPS) is 19.9. The van der Waals surface area contributed by atoms with Crippen LogP contribution in [0, 0.1) is 12.8 Å². The maximum absolute atomic E-state index is 13.3. The van der Waals surface area contributed by atoms with Crippen molar-refractivity contribution in [3.8, 4) is 0 Å². The Labute approximate surface area is 161 Å². The van der Waals surface area contributed by atoms with E-state index < -0.39 is 5.92 Å². The van der Waals surface area contributed by atoms with Crippen molar-refractivity contribution in [2.24, 2.45) is 13.0 Å². The van der Waals surface area contributed by atoms with E-state index in [2.05, 4.69) is 43.1 Å². The van der Waals surface area contributed by atoms with Crippen LogP contribution in [0.25, 0.3) is 0 Å². The summed E-state index contributed by atoms with van der Waals surface area (Å²) in [6, 6.07) is 4.35. The summed E-state index contributed by atoms with van der Waals surface area (Å²) in [5.41, 5.74) is 6.19. The molecule has 0 aliphatic heterocycles. The van der Waals surface area contributed by atoms with Gasteiger partial charge in [-0.1, -0.05) is 32.9 Å². The standard InChI is InChI=1S/C22H29N3O2/c1-6-14-9-15(7-2)20(16(8-3)10-14)21-19(26)12-17(22(21)27)11-18-13(4)23-25(5)24-18/h9-10,17,21H,6-8,11-12H2,1-5H3. The molecule has 1 fully saturated rings. The largest absolute Gasteiger partial charge is 0.298 e. The van der Waals surface area contributed by atoms with E-state index >= 15 is 0 Å². The van der Waals surface area contributed by atoms with E-state index in [-0.39, 0.29) is 17.5 Å². The number of rotatable bonds is 6. The molecule has 144 valence electrons. The predicted octanol–water partition coefficient (Wildman–Crippen LogP) is 3.30. The highest BCUT2D eigenvalue weighted by atomic mass is 16.2. The van der Waals surface area contributed by atoms with E-state index in [0.29, 0.717) is 12.8 Å². The van der Waals surface area contributed by atoms with Crippen LogP contribution in [0.4, 0.5) is 0 Å².